The van der Waals surface area contributed by atoms with Crippen LogP contribution in [0.5, 0.6) is 0 Å². The Morgan fingerprint density at radius 3 is 0.847 bits per heavy atom. The summed E-state index contributed by atoms with van der Waals surface area (Å²) in [7, 11) is 0. The highest BCUT2D eigenvalue weighted by molar-refractivity contribution is 5.67. The van der Waals surface area contributed by atoms with E-state index >= 15 is 0 Å². The maximum Gasteiger partial charge on any atom is 0.407 e. The summed E-state index contributed by atoms with van der Waals surface area (Å²) in [6.07, 6.45) is 17.6. The molecule has 2 amide bonds. The van der Waals surface area contributed by atoms with Crippen molar-refractivity contribution in [1.82, 2.24) is 10.6 Å². The molecule has 0 spiro atoms. The monoisotopic (exact) mass is 849 g/mol. The standard InChI is InChI=1S/C42H76N2O15/c45-41(58-39-11-7-3-1-4-8-12-39)43-15-17-47-19-21-49-23-25-51-27-29-53-31-33-55-35-37-57-38-36-56-34-32-54-30-28-52-26-24-50-22-20-48-18-16-44-42(46)59-40-13-9-5-2-6-10-14-40/h1-3,5,39-40H,4,6-38H2,(H,43,45)(H,44,46)/b3-1+,5-2+. The van der Waals surface area contributed by atoms with E-state index < -0.39 is 0 Å². The number of carbonyl (C=O) groups excluding carboxylic acids is 2. The number of hydrogen-bond acceptors (Lipinski definition) is 15. The highest BCUT2D eigenvalue weighted by Crippen LogP contribution is 2.16. The van der Waals surface area contributed by atoms with Crippen molar-refractivity contribution in [2.24, 2.45) is 0 Å². The number of alkyl carbamates (subject to hydrolysis) is 2. The van der Waals surface area contributed by atoms with Crippen LogP contribution in [0, 0.1) is 0 Å². The summed E-state index contributed by atoms with van der Waals surface area (Å²) in [5, 5.41) is 5.48. The van der Waals surface area contributed by atoms with E-state index in [1.165, 1.54) is 0 Å². The number of ether oxygens (including phenoxy) is 13. The predicted octanol–water partition coefficient (Wildman–Crippen LogP) is 4.40. The van der Waals surface area contributed by atoms with Gasteiger partial charge in [-0.2, -0.15) is 0 Å². The van der Waals surface area contributed by atoms with E-state index in [1.54, 1.807) is 0 Å². The van der Waals surface area contributed by atoms with Gasteiger partial charge in [0.2, 0.25) is 0 Å². The Labute approximate surface area is 352 Å². The molecule has 0 aromatic carbocycles. The highest BCUT2D eigenvalue weighted by atomic mass is 16.6. The first-order valence-corrected chi connectivity index (χ1v) is 21.8. The average molecular weight is 849 g/mol. The quantitative estimate of drug-likeness (QED) is 0.0660. The van der Waals surface area contributed by atoms with Crippen LogP contribution in [0.4, 0.5) is 9.59 Å². The van der Waals surface area contributed by atoms with Gasteiger partial charge in [-0.3, -0.25) is 0 Å². The van der Waals surface area contributed by atoms with Gasteiger partial charge < -0.3 is 72.2 Å². The number of carbonyl (C=O) groups is 2. The van der Waals surface area contributed by atoms with Crippen molar-refractivity contribution in [1.29, 1.82) is 0 Å². The Balaban J connectivity index is 1.15. The minimum Gasteiger partial charge on any atom is -0.446 e. The van der Waals surface area contributed by atoms with E-state index in [0.29, 0.717) is 158 Å². The Bertz CT molecular complexity index is 933. The lowest BCUT2D eigenvalue weighted by molar-refractivity contribution is -0.0274. The van der Waals surface area contributed by atoms with Gasteiger partial charge >= 0.3 is 12.2 Å². The molecule has 0 aliphatic heterocycles. The normalized spacial score (nSPS) is 18.2. The zero-order valence-electron chi connectivity index (χ0n) is 35.6. The molecule has 0 saturated carbocycles. The van der Waals surface area contributed by atoms with Crippen molar-refractivity contribution < 1.29 is 71.2 Å². The van der Waals surface area contributed by atoms with Gasteiger partial charge in [-0.05, 0) is 64.2 Å². The third-order valence-corrected chi connectivity index (χ3v) is 8.74. The number of rotatable bonds is 38. The van der Waals surface area contributed by atoms with Gasteiger partial charge in [0.05, 0.1) is 145 Å². The van der Waals surface area contributed by atoms with Gasteiger partial charge in [0, 0.05) is 13.1 Å². The Hall–Kier alpha value is -2.42. The third-order valence-electron chi connectivity index (χ3n) is 8.74. The first-order chi connectivity index (χ1) is 29.2. The summed E-state index contributed by atoms with van der Waals surface area (Å²) >= 11 is 0. The smallest absolute Gasteiger partial charge is 0.407 e. The first kappa shape index (κ1) is 52.7. The maximum atomic E-state index is 11.9. The lowest BCUT2D eigenvalue weighted by Gasteiger charge is -2.18. The summed E-state index contributed by atoms with van der Waals surface area (Å²) in [4.78, 5) is 23.9. The number of amides is 2. The Morgan fingerprint density at radius 2 is 0.576 bits per heavy atom. The molecule has 2 aliphatic carbocycles. The molecule has 0 aromatic heterocycles. The molecule has 0 heterocycles. The largest absolute Gasteiger partial charge is 0.446 e. The first-order valence-electron chi connectivity index (χ1n) is 21.8. The van der Waals surface area contributed by atoms with Crippen molar-refractivity contribution in [3.63, 3.8) is 0 Å². The van der Waals surface area contributed by atoms with Gasteiger partial charge in [0.1, 0.15) is 12.2 Å². The van der Waals surface area contributed by atoms with Gasteiger partial charge in [0.25, 0.3) is 0 Å². The third kappa shape index (κ3) is 37.1. The molecule has 344 valence electrons. The fraction of sp³-hybridized carbons (Fsp3) is 0.857. The second-order valence-electron chi connectivity index (χ2n) is 13.6. The molecule has 0 aromatic rings. The van der Waals surface area contributed by atoms with Gasteiger partial charge in [0.15, 0.2) is 0 Å². The fourth-order valence-electron chi connectivity index (χ4n) is 5.62. The molecule has 2 unspecified atom stereocenters. The number of hydrogen-bond donors (Lipinski definition) is 2. The van der Waals surface area contributed by atoms with E-state index in [9.17, 15) is 9.59 Å². The van der Waals surface area contributed by atoms with E-state index in [0.717, 1.165) is 64.2 Å². The van der Waals surface area contributed by atoms with E-state index in [4.69, 9.17) is 61.6 Å². The van der Waals surface area contributed by atoms with Gasteiger partial charge in [-0.1, -0.05) is 24.3 Å². The average Bonchev–Trinajstić information content (AvgIpc) is 3.21. The number of nitrogens with one attached hydrogen (secondary N) is 2. The topological polar surface area (TPSA) is 178 Å². The van der Waals surface area contributed by atoms with Crippen LogP contribution >= 0.6 is 0 Å². The molecule has 2 N–H and O–H groups in total. The lowest BCUT2D eigenvalue weighted by atomic mass is 10.0. The molecule has 2 atom stereocenters. The second kappa shape index (κ2) is 42.3. The SMILES string of the molecule is O=C(NCCOCCOCCOCCOCCOCCOCCOCCOCCOCCOCCOCCNC(=O)OC1CC/C=C/CCC1)OC1CC/C=C/CCC1. The predicted molar refractivity (Wildman–Crippen MR) is 220 cm³/mol. The highest BCUT2D eigenvalue weighted by Gasteiger charge is 2.15. The lowest BCUT2D eigenvalue weighted by Crippen LogP contribution is -2.31. The molecule has 17 nitrogen and oxygen atoms in total. The van der Waals surface area contributed by atoms with Gasteiger partial charge in [-0.15, -0.1) is 0 Å². The van der Waals surface area contributed by atoms with Gasteiger partial charge in [-0.25, -0.2) is 9.59 Å². The summed E-state index contributed by atoms with van der Waals surface area (Å²) < 4.78 is 71.4. The summed E-state index contributed by atoms with van der Waals surface area (Å²) in [5.41, 5.74) is 0. The van der Waals surface area contributed by atoms with Crippen LogP contribution in [0.25, 0.3) is 0 Å². The summed E-state index contributed by atoms with van der Waals surface area (Å²) in [6.45, 7) is 11.1. The summed E-state index contributed by atoms with van der Waals surface area (Å²) in [5.74, 6) is 0. The van der Waals surface area contributed by atoms with Crippen LogP contribution in [0.2, 0.25) is 0 Å². The number of allylic oxidation sites excluding steroid dienone is 4. The van der Waals surface area contributed by atoms with Crippen molar-refractivity contribution >= 4 is 12.2 Å². The van der Waals surface area contributed by atoms with Crippen LogP contribution in [-0.2, 0) is 61.6 Å². The second-order valence-corrected chi connectivity index (χ2v) is 13.6. The van der Waals surface area contributed by atoms with Crippen LogP contribution in [0.15, 0.2) is 24.3 Å². The van der Waals surface area contributed by atoms with Crippen molar-refractivity contribution in [2.45, 2.75) is 76.4 Å². The van der Waals surface area contributed by atoms with Crippen LogP contribution in [0.1, 0.15) is 64.2 Å². The van der Waals surface area contributed by atoms with E-state index in [-0.39, 0.29) is 24.4 Å². The van der Waals surface area contributed by atoms with Crippen molar-refractivity contribution in [3.05, 3.63) is 24.3 Å². The maximum absolute atomic E-state index is 11.9. The van der Waals surface area contributed by atoms with Crippen molar-refractivity contribution in [3.8, 4) is 0 Å². The Kier molecular flexibility index (Phi) is 37.8. The molecule has 0 bridgehead atoms. The minimum absolute atomic E-state index is 0.0118. The minimum atomic E-state index is -0.380. The van der Waals surface area contributed by atoms with Crippen LogP contribution in [0.3, 0.4) is 0 Å². The molecule has 17 heteroatoms. The summed E-state index contributed by atoms with van der Waals surface area (Å²) in [6, 6.07) is 0. The Morgan fingerprint density at radius 1 is 0.339 bits per heavy atom. The van der Waals surface area contributed by atoms with Crippen LogP contribution in [-0.4, -0.2) is 183 Å². The molecule has 0 fully saturated rings. The molecule has 2 aliphatic rings. The molecule has 2 rings (SSSR count). The fourth-order valence-corrected chi connectivity index (χ4v) is 5.62. The van der Waals surface area contributed by atoms with Crippen LogP contribution < -0.4 is 10.6 Å². The van der Waals surface area contributed by atoms with E-state index in [1.807, 2.05) is 0 Å². The zero-order chi connectivity index (χ0) is 41.8. The van der Waals surface area contributed by atoms with E-state index in [2.05, 4.69) is 34.9 Å². The zero-order valence-corrected chi connectivity index (χ0v) is 35.6. The molecular formula is C42H76N2O15. The molecular weight excluding hydrogens is 772 g/mol. The molecule has 59 heavy (non-hydrogen) atoms. The van der Waals surface area contributed by atoms with Crippen molar-refractivity contribution in [2.75, 3.05) is 158 Å². The molecule has 0 saturated heterocycles. The molecule has 0 radical (unpaired) electrons.